The molecular weight excluding hydrogens is 463 g/mol. The van der Waals surface area contributed by atoms with Crippen molar-refractivity contribution in [2.75, 3.05) is 5.75 Å². The summed E-state index contributed by atoms with van der Waals surface area (Å²) in [6.07, 6.45) is 0.425. The van der Waals surface area contributed by atoms with Gasteiger partial charge in [0.05, 0.1) is 23.9 Å². The highest BCUT2D eigenvalue weighted by Crippen LogP contribution is 2.27. The number of thioether (sulfide) groups is 1. The molecule has 35 heavy (non-hydrogen) atoms. The Kier molecular flexibility index (Phi) is 8.05. The van der Waals surface area contributed by atoms with E-state index < -0.39 is 11.9 Å². The summed E-state index contributed by atoms with van der Waals surface area (Å²) in [6, 6.07) is 25.1. The summed E-state index contributed by atoms with van der Waals surface area (Å²) in [5.74, 6) is -0.355. The number of Topliss-reactive ketones (excluding diaryl/α,β-unsaturated/α-hetero) is 1. The van der Waals surface area contributed by atoms with Crippen molar-refractivity contribution in [3.05, 3.63) is 102 Å². The van der Waals surface area contributed by atoms with Gasteiger partial charge in [0.15, 0.2) is 16.8 Å². The third kappa shape index (κ3) is 6.42. The lowest BCUT2D eigenvalue weighted by Crippen LogP contribution is -2.42. The van der Waals surface area contributed by atoms with Crippen molar-refractivity contribution in [3.63, 3.8) is 0 Å². The third-order valence-electron chi connectivity index (χ3n) is 5.46. The highest BCUT2D eigenvalue weighted by atomic mass is 32.2. The van der Waals surface area contributed by atoms with E-state index in [4.69, 9.17) is 0 Å². The first-order chi connectivity index (χ1) is 17.0. The van der Waals surface area contributed by atoms with Crippen LogP contribution in [0.4, 0.5) is 4.39 Å². The second-order valence-electron chi connectivity index (χ2n) is 8.07. The van der Waals surface area contributed by atoms with Crippen molar-refractivity contribution in [1.82, 2.24) is 20.1 Å². The van der Waals surface area contributed by atoms with E-state index in [1.165, 1.54) is 24.8 Å². The molecule has 178 valence electrons. The lowest BCUT2D eigenvalue weighted by molar-refractivity contribution is -0.125. The first-order valence-electron chi connectivity index (χ1n) is 11.2. The first-order valence-corrected chi connectivity index (χ1v) is 12.2. The molecule has 0 spiro atoms. The molecule has 0 aliphatic carbocycles. The Labute approximate surface area is 207 Å². The Morgan fingerprint density at radius 2 is 1.54 bits per heavy atom. The summed E-state index contributed by atoms with van der Waals surface area (Å²) >= 11 is 1.20. The fourth-order valence-corrected chi connectivity index (χ4v) is 4.41. The maximum atomic E-state index is 14.5. The standard InChI is InChI=1S/C27H25FN4O2S/c1-19(33)24(16-20-10-4-2-5-11-20)29-25(34)18-35-27-31-30-26(22-14-8-9-15-23(22)28)32(27)17-21-12-6-3-7-13-21/h2-15,24H,16-18H2,1H3,(H,29,34)/t24-/m0/s1. The fraction of sp³-hybridized carbons (Fsp3) is 0.185. The van der Waals surface area contributed by atoms with Crippen LogP contribution in [0.15, 0.2) is 90.1 Å². The Bertz CT molecular complexity index is 1300. The van der Waals surface area contributed by atoms with Crippen LogP contribution in [0.3, 0.4) is 0 Å². The second-order valence-corrected chi connectivity index (χ2v) is 9.01. The number of halogens is 1. The molecular formula is C27H25FN4O2S. The van der Waals surface area contributed by atoms with Gasteiger partial charge in [0.25, 0.3) is 0 Å². The molecule has 1 aromatic heterocycles. The summed E-state index contributed by atoms with van der Waals surface area (Å²) in [6.45, 7) is 1.89. The van der Waals surface area contributed by atoms with Crippen molar-refractivity contribution in [2.45, 2.75) is 31.1 Å². The van der Waals surface area contributed by atoms with E-state index in [9.17, 15) is 14.0 Å². The maximum Gasteiger partial charge on any atom is 0.231 e. The number of hydrogen-bond donors (Lipinski definition) is 1. The number of nitrogens with one attached hydrogen (secondary N) is 1. The van der Waals surface area contributed by atoms with Crippen LogP contribution in [-0.2, 0) is 22.6 Å². The number of ketones is 1. The normalized spacial score (nSPS) is 11.7. The quantitative estimate of drug-likeness (QED) is 0.332. The number of nitrogens with zero attached hydrogens (tertiary/aromatic N) is 3. The predicted octanol–water partition coefficient (Wildman–Crippen LogP) is 4.54. The molecule has 0 saturated carbocycles. The van der Waals surface area contributed by atoms with Gasteiger partial charge < -0.3 is 5.32 Å². The zero-order chi connectivity index (χ0) is 24.6. The van der Waals surface area contributed by atoms with Gasteiger partial charge in [-0.3, -0.25) is 14.2 Å². The minimum atomic E-state index is -0.610. The Morgan fingerprint density at radius 3 is 2.20 bits per heavy atom. The van der Waals surface area contributed by atoms with Gasteiger partial charge in [-0.15, -0.1) is 10.2 Å². The van der Waals surface area contributed by atoms with E-state index in [-0.39, 0.29) is 17.4 Å². The summed E-state index contributed by atoms with van der Waals surface area (Å²) < 4.78 is 16.3. The molecule has 3 aromatic carbocycles. The summed E-state index contributed by atoms with van der Waals surface area (Å²) in [5, 5.41) is 11.8. The Morgan fingerprint density at radius 1 is 0.914 bits per heavy atom. The average Bonchev–Trinajstić information content (AvgIpc) is 3.26. The smallest absolute Gasteiger partial charge is 0.231 e. The molecule has 1 amide bonds. The molecule has 4 aromatic rings. The van der Waals surface area contributed by atoms with E-state index in [0.29, 0.717) is 29.5 Å². The van der Waals surface area contributed by atoms with Gasteiger partial charge in [-0.1, -0.05) is 84.6 Å². The van der Waals surface area contributed by atoms with Crippen molar-refractivity contribution >= 4 is 23.5 Å². The molecule has 1 heterocycles. The molecule has 0 bridgehead atoms. The first kappa shape index (κ1) is 24.3. The molecule has 0 fully saturated rings. The number of carbonyl (C=O) groups is 2. The van der Waals surface area contributed by atoms with Gasteiger partial charge in [-0.05, 0) is 36.6 Å². The lowest BCUT2D eigenvalue weighted by Gasteiger charge is -2.16. The highest BCUT2D eigenvalue weighted by molar-refractivity contribution is 7.99. The molecule has 0 aliphatic heterocycles. The second kappa shape index (κ2) is 11.6. The summed E-state index contributed by atoms with van der Waals surface area (Å²) in [7, 11) is 0. The molecule has 1 atom stereocenters. The molecule has 0 aliphatic rings. The van der Waals surface area contributed by atoms with E-state index in [0.717, 1.165) is 11.1 Å². The fourth-order valence-electron chi connectivity index (χ4n) is 3.66. The van der Waals surface area contributed by atoms with E-state index in [2.05, 4.69) is 15.5 Å². The van der Waals surface area contributed by atoms with E-state index in [1.54, 1.807) is 22.8 Å². The highest BCUT2D eigenvalue weighted by Gasteiger charge is 2.21. The lowest BCUT2D eigenvalue weighted by atomic mass is 10.0. The monoisotopic (exact) mass is 488 g/mol. The zero-order valence-electron chi connectivity index (χ0n) is 19.2. The van der Waals surface area contributed by atoms with Crippen LogP contribution in [0, 0.1) is 5.82 Å². The van der Waals surface area contributed by atoms with Crippen molar-refractivity contribution in [2.24, 2.45) is 0 Å². The van der Waals surface area contributed by atoms with Gasteiger partial charge in [0.2, 0.25) is 5.91 Å². The summed E-state index contributed by atoms with van der Waals surface area (Å²) in [5.41, 5.74) is 2.31. The SMILES string of the molecule is CC(=O)[C@H](Cc1ccccc1)NC(=O)CSc1nnc(-c2ccccc2F)n1Cc1ccccc1. The Balaban J connectivity index is 1.50. The van der Waals surface area contributed by atoms with Gasteiger partial charge in [0, 0.05) is 0 Å². The van der Waals surface area contributed by atoms with Gasteiger partial charge >= 0.3 is 0 Å². The molecule has 0 unspecified atom stereocenters. The zero-order valence-corrected chi connectivity index (χ0v) is 20.0. The van der Waals surface area contributed by atoms with E-state index in [1.807, 2.05) is 60.7 Å². The summed E-state index contributed by atoms with van der Waals surface area (Å²) in [4.78, 5) is 24.8. The minimum absolute atomic E-state index is 0.0444. The molecule has 4 rings (SSSR count). The number of aromatic nitrogens is 3. The van der Waals surface area contributed by atoms with Crippen LogP contribution < -0.4 is 5.32 Å². The topological polar surface area (TPSA) is 76.9 Å². The molecule has 8 heteroatoms. The number of carbonyl (C=O) groups excluding carboxylic acids is 2. The van der Waals surface area contributed by atoms with Gasteiger partial charge in [-0.2, -0.15) is 0 Å². The van der Waals surface area contributed by atoms with Crippen LogP contribution >= 0.6 is 11.8 Å². The van der Waals surface area contributed by atoms with E-state index >= 15 is 0 Å². The number of benzene rings is 3. The molecule has 0 saturated heterocycles. The van der Waals surface area contributed by atoms with Gasteiger partial charge in [-0.25, -0.2) is 4.39 Å². The van der Waals surface area contributed by atoms with Crippen LogP contribution in [0.25, 0.3) is 11.4 Å². The molecule has 6 nitrogen and oxygen atoms in total. The van der Waals surface area contributed by atoms with Gasteiger partial charge in [0.1, 0.15) is 5.82 Å². The number of amides is 1. The van der Waals surface area contributed by atoms with Crippen molar-refractivity contribution in [3.8, 4) is 11.4 Å². The third-order valence-corrected chi connectivity index (χ3v) is 6.42. The van der Waals surface area contributed by atoms with Crippen molar-refractivity contribution < 1.29 is 14.0 Å². The Hall–Kier alpha value is -3.78. The van der Waals surface area contributed by atoms with Crippen LogP contribution in [0.5, 0.6) is 0 Å². The number of hydrogen-bond acceptors (Lipinski definition) is 5. The minimum Gasteiger partial charge on any atom is -0.345 e. The maximum absolute atomic E-state index is 14.5. The molecule has 0 radical (unpaired) electrons. The number of rotatable bonds is 10. The largest absolute Gasteiger partial charge is 0.345 e. The van der Waals surface area contributed by atoms with Crippen LogP contribution in [0.2, 0.25) is 0 Å². The average molecular weight is 489 g/mol. The predicted molar refractivity (Wildman–Crippen MR) is 134 cm³/mol. The van der Waals surface area contributed by atoms with Crippen molar-refractivity contribution in [1.29, 1.82) is 0 Å². The molecule has 1 N–H and O–H groups in total. The van der Waals surface area contributed by atoms with Crippen LogP contribution in [-0.4, -0.2) is 38.2 Å². The van der Waals surface area contributed by atoms with Crippen LogP contribution in [0.1, 0.15) is 18.1 Å².